The van der Waals surface area contributed by atoms with Gasteiger partial charge in [-0.3, -0.25) is 4.79 Å². The van der Waals surface area contributed by atoms with Crippen molar-refractivity contribution in [3.63, 3.8) is 0 Å². The number of rotatable bonds is 5. The first-order valence-electron chi connectivity index (χ1n) is 9.08. The summed E-state index contributed by atoms with van der Waals surface area (Å²) in [4.78, 5) is 29.4. The Morgan fingerprint density at radius 1 is 1.11 bits per heavy atom. The molecule has 1 amide bonds. The summed E-state index contributed by atoms with van der Waals surface area (Å²) in [6.07, 6.45) is 1.29. The molecular formula is C21H21N3O3. The molecule has 2 aromatic carbocycles. The Labute approximate surface area is 156 Å². The van der Waals surface area contributed by atoms with E-state index in [2.05, 4.69) is 10.3 Å². The van der Waals surface area contributed by atoms with E-state index in [1.54, 1.807) is 0 Å². The average Bonchev–Trinajstić information content (AvgIpc) is 3.20. The standard InChI is InChI=1S/C21H21N3O3/c1-2-18-22-16-9-5-6-10-17(16)24(18)13-19(25)23-21(20(26)27)11-14-7-3-4-8-15(14)12-21/h3-10H,2,11-13H2,1H3,(H,23,25)(H,26,27). The second kappa shape index (κ2) is 6.54. The number of nitrogens with one attached hydrogen (secondary N) is 1. The van der Waals surface area contributed by atoms with Crippen molar-refractivity contribution in [1.29, 1.82) is 0 Å². The number of carbonyl (C=O) groups excluding carboxylic acids is 1. The van der Waals surface area contributed by atoms with E-state index < -0.39 is 11.5 Å². The average molecular weight is 363 g/mol. The molecule has 0 fully saturated rings. The molecule has 2 N–H and O–H groups in total. The van der Waals surface area contributed by atoms with Crippen molar-refractivity contribution in [2.24, 2.45) is 0 Å². The second-order valence-electron chi connectivity index (χ2n) is 7.01. The molecule has 6 heteroatoms. The zero-order valence-electron chi connectivity index (χ0n) is 15.1. The van der Waals surface area contributed by atoms with E-state index in [1.165, 1.54) is 0 Å². The summed E-state index contributed by atoms with van der Waals surface area (Å²) in [6, 6.07) is 15.3. The number of amides is 1. The number of aromatic nitrogens is 2. The summed E-state index contributed by atoms with van der Waals surface area (Å²) in [5, 5.41) is 12.7. The molecule has 0 bridgehead atoms. The van der Waals surface area contributed by atoms with Crippen LogP contribution in [0.15, 0.2) is 48.5 Å². The number of carboxylic acids is 1. The van der Waals surface area contributed by atoms with E-state index in [1.807, 2.05) is 60.0 Å². The van der Waals surface area contributed by atoms with Gasteiger partial charge in [0.2, 0.25) is 5.91 Å². The molecule has 1 aromatic heterocycles. The van der Waals surface area contributed by atoms with Crippen LogP contribution in [0.3, 0.4) is 0 Å². The van der Waals surface area contributed by atoms with Crippen molar-refractivity contribution >= 4 is 22.9 Å². The first-order chi connectivity index (χ1) is 13.0. The SMILES string of the molecule is CCc1nc2ccccc2n1CC(=O)NC1(C(=O)O)Cc2ccccc2C1. The number of aryl methyl sites for hydroxylation is 1. The molecular weight excluding hydrogens is 342 g/mol. The Kier molecular flexibility index (Phi) is 4.18. The number of imidazole rings is 1. The van der Waals surface area contributed by atoms with E-state index in [4.69, 9.17) is 0 Å². The minimum absolute atomic E-state index is 0.0507. The quantitative estimate of drug-likeness (QED) is 0.729. The van der Waals surface area contributed by atoms with Crippen molar-refractivity contribution in [1.82, 2.24) is 14.9 Å². The third kappa shape index (κ3) is 2.97. The third-order valence-electron chi connectivity index (χ3n) is 5.24. The third-order valence-corrected chi connectivity index (χ3v) is 5.24. The van der Waals surface area contributed by atoms with Crippen molar-refractivity contribution in [2.45, 2.75) is 38.3 Å². The number of carboxylic acid groups (broad SMARTS) is 1. The predicted octanol–water partition coefficient (Wildman–Crippen LogP) is 2.34. The maximum atomic E-state index is 12.8. The Morgan fingerprint density at radius 2 is 1.74 bits per heavy atom. The number of fused-ring (bicyclic) bond motifs is 2. The van der Waals surface area contributed by atoms with Crippen LogP contribution in [-0.2, 0) is 35.4 Å². The Hall–Kier alpha value is -3.15. The molecule has 0 spiro atoms. The van der Waals surface area contributed by atoms with E-state index in [-0.39, 0.29) is 12.5 Å². The van der Waals surface area contributed by atoms with Gasteiger partial charge in [-0.05, 0) is 23.3 Å². The van der Waals surface area contributed by atoms with Crippen molar-refractivity contribution in [3.8, 4) is 0 Å². The van der Waals surface area contributed by atoms with Crippen LogP contribution in [-0.4, -0.2) is 32.1 Å². The molecule has 1 heterocycles. The molecule has 0 atom stereocenters. The number of hydrogen-bond donors (Lipinski definition) is 2. The van der Waals surface area contributed by atoms with Gasteiger partial charge >= 0.3 is 5.97 Å². The lowest BCUT2D eigenvalue weighted by atomic mass is 9.95. The molecule has 138 valence electrons. The molecule has 1 aliphatic carbocycles. The van der Waals surface area contributed by atoms with Gasteiger partial charge in [0.15, 0.2) is 0 Å². The summed E-state index contributed by atoms with van der Waals surface area (Å²) in [5.74, 6) is -0.508. The molecule has 0 radical (unpaired) electrons. The van der Waals surface area contributed by atoms with Crippen molar-refractivity contribution in [3.05, 3.63) is 65.5 Å². The van der Waals surface area contributed by atoms with E-state index in [0.29, 0.717) is 19.3 Å². The van der Waals surface area contributed by atoms with Crippen LogP contribution in [0.1, 0.15) is 23.9 Å². The van der Waals surface area contributed by atoms with Gasteiger partial charge in [0, 0.05) is 19.3 Å². The maximum absolute atomic E-state index is 12.8. The summed E-state index contributed by atoms with van der Waals surface area (Å²) < 4.78 is 1.86. The molecule has 1 aliphatic rings. The van der Waals surface area contributed by atoms with Crippen LogP contribution in [0, 0.1) is 0 Å². The molecule has 0 aliphatic heterocycles. The number of benzene rings is 2. The van der Waals surface area contributed by atoms with Crippen molar-refractivity contribution < 1.29 is 14.7 Å². The van der Waals surface area contributed by atoms with E-state index in [0.717, 1.165) is 28.0 Å². The largest absolute Gasteiger partial charge is 0.479 e. The molecule has 3 aromatic rings. The molecule has 0 saturated heterocycles. The van der Waals surface area contributed by atoms with Gasteiger partial charge in [0.1, 0.15) is 17.9 Å². The molecule has 6 nitrogen and oxygen atoms in total. The monoisotopic (exact) mass is 363 g/mol. The van der Waals surface area contributed by atoms with Gasteiger partial charge in [0.05, 0.1) is 11.0 Å². The van der Waals surface area contributed by atoms with Crippen LogP contribution in [0.2, 0.25) is 0 Å². The fourth-order valence-electron chi connectivity index (χ4n) is 3.93. The fraction of sp³-hybridized carbons (Fsp3) is 0.286. The number of carbonyl (C=O) groups is 2. The lowest BCUT2D eigenvalue weighted by Crippen LogP contribution is -2.56. The Morgan fingerprint density at radius 3 is 2.37 bits per heavy atom. The highest BCUT2D eigenvalue weighted by Crippen LogP contribution is 2.30. The van der Waals surface area contributed by atoms with E-state index >= 15 is 0 Å². The predicted molar refractivity (Wildman–Crippen MR) is 101 cm³/mol. The normalized spacial score (nSPS) is 14.9. The highest BCUT2D eigenvalue weighted by molar-refractivity contribution is 5.89. The summed E-state index contributed by atoms with van der Waals surface area (Å²) >= 11 is 0. The topological polar surface area (TPSA) is 84.2 Å². The number of aliphatic carboxylic acids is 1. The van der Waals surface area contributed by atoms with Crippen LogP contribution < -0.4 is 5.32 Å². The van der Waals surface area contributed by atoms with Crippen LogP contribution in [0.25, 0.3) is 11.0 Å². The highest BCUT2D eigenvalue weighted by Gasteiger charge is 2.45. The zero-order chi connectivity index (χ0) is 19.0. The molecule has 27 heavy (non-hydrogen) atoms. The Bertz CT molecular complexity index is 1010. The second-order valence-corrected chi connectivity index (χ2v) is 7.01. The number of para-hydroxylation sites is 2. The fourth-order valence-corrected chi connectivity index (χ4v) is 3.93. The van der Waals surface area contributed by atoms with Gasteiger partial charge in [0.25, 0.3) is 0 Å². The van der Waals surface area contributed by atoms with Crippen LogP contribution in [0.4, 0.5) is 0 Å². The minimum Gasteiger partial charge on any atom is -0.479 e. The van der Waals surface area contributed by atoms with Gasteiger partial charge in [-0.15, -0.1) is 0 Å². The van der Waals surface area contributed by atoms with E-state index in [9.17, 15) is 14.7 Å². The van der Waals surface area contributed by atoms with Crippen LogP contribution in [0.5, 0.6) is 0 Å². The zero-order valence-corrected chi connectivity index (χ0v) is 15.1. The summed E-state index contributed by atoms with van der Waals surface area (Å²) in [6.45, 7) is 2.04. The first kappa shape index (κ1) is 17.3. The molecule has 0 unspecified atom stereocenters. The lowest BCUT2D eigenvalue weighted by Gasteiger charge is -2.26. The van der Waals surface area contributed by atoms with Crippen molar-refractivity contribution in [2.75, 3.05) is 0 Å². The summed E-state index contributed by atoms with van der Waals surface area (Å²) in [5.41, 5.74) is 2.38. The van der Waals surface area contributed by atoms with Gasteiger partial charge in [-0.1, -0.05) is 43.3 Å². The number of nitrogens with zero attached hydrogens (tertiary/aromatic N) is 2. The smallest absolute Gasteiger partial charge is 0.330 e. The first-order valence-corrected chi connectivity index (χ1v) is 9.08. The van der Waals surface area contributed by atoms with Gasteiger partial charge in [-0.2, -0.15) is 0 Å². The molecule has 0 saturated carbocycles. The van der Waals surface area contributed by atoms with Gasteiger partial charge < -0.3 is 15.0 Å². The number of hydrogen-bond acceptors (Lipinski definition) is 3. The highest BCUT2D eigenvalue weighted by atomic mass is 16.4. The van der Waals surface area contributed by atoms with Gasteiger partial charge in [-0.25, -0.2) is 9.78 Å². The molecule has 4 rings (SSSR count). The maximum Gasteiger partial charge on any atom is 0.330 e. The van der Waals surface area contributed by atoms with Crippen LogP contribution >= 0.6 is 0 Å². The lowest BCUT2D eigenvalue weighted by molar-refractivity contribution is -0.147. The minimum atomic E-state index is -1.29. The summed E-state index contributed by atoms with van der Waals surface area (Å²) in [7, 11) is 0. The Balaban J connectivity index is 1.60.